The van der Waals surface area contributed by atoms with Crippen LogP contribution in [0.25, 0.3) is 11.0 Å². The molecular weight excluding hydrogens is 283 g/mol. The van der Waals surface area contributed by atoms with Crippen molar-refractivity contribution in [3.8, 4) is 0 Å². The molecule has 3 rings (SSSR count). The van der Waals surface area contributed by atoms with Gasteiger partial charge in [-0.15, -0.1) is 0 Å². The minimum Gasteiger partial charge on any atom is -0.394 e. The molecule has 0 amide bonds. The largest absolute Gasteiger partial charge is 0.394 e. The molecule has 0 spiro atoms. The fourth-order valence-electron chi connectivity index (χ4n) is 2.63. The maximum atomic E-state index is 14.0. The fourth-order valence-corrected chi connectivity index (χ4v) is 2.63. The van der Waals surface area contributed by atoms with E-state index in [2.05, 4.69) is 9.97 Å². The first-order chi connectivity index (χ1) is 9.87. The molecule has 2 aromatic heterocycles. The van der Waals surface area contributed by atoms with Crippen LogP contribution in [0.4, 0.5) is 10.2 Å². The molecular formula is C12H15FN4O4. The highest BCUT2D eigenvalue weighted by atomic mass is 19.1. The molecule has 0 unspecified atom stereocenters. The van der Waals surface area contributed by atoms with Crippen LogP contribution in [0.3, 0.4) is 0 Å². The van der Waals surface area contributed by atoms with Crippen molar-refractivity contribution in [1.82, 2.24) is 14.5 Å². The predicted molar refractivity (Wildman–Crippen MR) is 69.5 cm³/mol. The third kappa shape index (κ3) is 1.89. The van der Waals surface area contributed by atoms with Gasteiger partial charge < -0.3 is 25.8 Å². The Morgan fingerprint density at radius 1 is 1.52 bits per heavy atom. The van der Waals surface area contributed by atoms with Crippen LogP contribution in [0.2, 0.25) is 0 Å². The highest BCUT2D eigenvalue weighted by Gasteiger charge is 2.53. The zero-order valence-corrected chi connectivity index (χ0v) is 11.1. The average molecular weight is 298 g/mol. The van der Waals surface area contributed by atoms with Crippen molar-refractivity contribution in [3.63, 3.8) is 0 Å². The summed E-state index contributed by atoms with van der Waals surface area (Å²) >= 11 is 0. The van der Waals surface area contributed by atoms with Crippen molar-refractivity contribution in [3.05, 3.63) is 18.3 Å². The van der Waals surface area contributed by atoms with Gasteiger partial charge in [-0.05, 0) is 6.92 Å². The van der Waals surface area contributed by atoms with Crippen LogP contribution in [-0.4, -0.2) is 54.3 Å². The number of hydrogen-bond donors (Lipinski definition) is 4. The van der Waals surface area contributed by atoms with Gasteiger partial charge in [0.15, 0.2) is 17.7 Å². The molecule has 0 saturated carbocycles. The second-order valence-corrected chi connectivity index (χ2v) is 5.22. The molecule has 3 heterocycles. The number of halogens is 1. The van der Waals surface area contributed by atoms with E-state index in [1.807, 2.05) is 0 Å². The van der Waals surface area contributed by atoms with Crippen molar-refractivity contribution >= 4 is 16.9 Å². The molecule has 5 N–H and O–H groups in total. The number of ether oxygens (including phenoxy) is 1. The molecule has 0 bridgehead atoms. The van der Waals surface area contributed by atoms with Gasteiger partial charge in [-0.25, -0.2) is 14.4 Å². The van der Waals surface area contributed by atoms with Crippen molar-refractivity contribution in [2.45, 2.75) is 31.0 Å². The summed E-state index contributed by atoms with van der Waals surface area (Å²) in [5.41, 5.74) is 4.02. The van der Waals surface area contributed by atoms with E-state index in [0.717, 1.165) is 12.5 Å². The van der Waals surface area contributed by atoms with Crippen molar-refractivity contribution in [2.24, 2.45) is 0 Å². The predicted octanol–water partition coefficient (Wildman–Crippen LogP) is -0.846. The van der Waals surface area contributed by atoms with Gasteiger partial charge in [0.05, 0.1) is 12.0 Å². The maximum Gasteiger partial charge on any atom is 0.167 e. The standard InChI is InChI=1S/C12H15FN4O4/c1-12(20)8(19)6(3-18)21-11(12)17-2-5(13)7-9(14)15-4-16-10(7)17/h2,4,6,8,11,18-20H,3H2,1H3,(H2,14,15,16)/t6-,8-,11-,12-/m1/s1. The Morgan fingerprint density at radius 3 is 2.86 bits per heavy atom. The zero-order chi connectivity index (χ0) is 15.4. The number of nitrogens with zero attached hydrogens (tertiary/aromatic N) is 3. The summed E-state index contributed by atoms with van der Waals surface area (Å²) in [6.07, 6.45) is -1.19. The maximum absolute atomic E-state index is 14.0. The number of aliphatic hydroxyl groups is 3. The first kappa shape index (κ1) is 14.1. The number of aliphatic hydroxyl groups excluding tert-OH is 2. The number of nitrogen functional groups attached to an aromatic ring is 1. The monoisotopic (exact) mass is 298 g/mol. The number of aromatic nitrogens is 3. The number of anilines is 1. The molecule has 1 aliphatic heterocycles. The van der Waals surface area contributed by atoms with Crippen LogP contribution in [0.1, 0.15) is 13.2 Å². The number of rotatable bonds is 2. The Morgan fingerprint density at radius 2 is 2.24 bits per heavy atom. The quantitative estimate of drug-likeness (QED) is 0.569. The van der Waals surface area contributed by atoms with Gasteiger partial charge in [-0.3, -0.25) is 4.57 Å². The molecule has 9 heteroatoms. The van der Waals surface area contributed by atoms with Gasteiger partial charge in [0, 0.05) is 6.20 Å². The van der Waals surface area contributed by atoms with E-state index < -0.39 is 36.5 Å². The molecule has 114 valence electrons. The fraction of sp³-hybridized carbons (Fsp3) is 0.500. The highest BCUT2D eigenvalue weighted by molar-refractivity contribution is 5.86. The van der Waals surface area contributed by atoms with Crippen LogP contribution >= 0.6 is 0 Å². The Hall–Kier alpha value is -1.81. The Bertz CT molecular complexity index is 689. The highest BCUT2D eigenvalue weighted by Crippen LogP contribution is 2.40. The molecule has 21 heavy (non-hydrogen) atoms. The van der Waals surface area contributed by atoms with Crippen LogP contribution in [0.5, 0.6) is 0 Å². The molecule has 8 nitrogen and oxygen atoms in total. The first-order valence-electron chi connectivity index (χ1n) is 6.31. The lowest BCUT2D eigenvalue weighted by Crippen LogP contribution is -2.44. The van der Waals surface area contributed by atoms with Gasteiger partial charge in [0.25, 0.3) is 0 Å². The summed E-state index contributed by atoms with van der Waals surface area (Å²) in [5, 5.41) is 29.6. The SMILES string of the molecule is C[C@@]1(O)[C@H](O)[C@@H](CO)O[C@H]1n1cc(F)c2c(N)ncnc21. The lowest BCUT2D eigenvalue weighted by atomic mass is 9.96. The van der Waals surface area contributed by atoms with Crippen LogP contribution < -0.4 is 5.73 Å². The first-order valence-corrected chi connectivity index (χ1v) is 6.31. The molecule has 1 saturated heterocycles. The molecule has 2 aromatic rings. The Kier molecular flexibility index (Phi) is 3.10. The van der Waals surface area contributed by atoms with E-state index in [4.69, 9.17) is 10.5 Å². The van der Waals surface area contributed by atoms with Gasteiger partial charge in [-0.2, -0.15) is 0 Å². The smallest absolute Gasteiger partial charge is 0.167 e. The molecule has 0 aliphatic carbocycles. The Labute approximate surface area is 118 Å². The van der Waals surface area contributed by atoms with E-state index in [0.29, 0.717) is 0 Å². The summed E-state index contributed by atoms with van der Waals surface area (Å²) in [6.45, 7) is 0.860. The third-order valence-electron chi connectivity index (χ3n) is 3.78. The number of nitrogens with two attached hydrogens (primary N) is 1. The van der Waals surface area contributed by atoms with E-state index in [1.54, 1.807) is 0 Å². The average Bonchev–Trinajstić information content (AvgIpc) is 2.87. The van der Waals surface area contributed by atoms with Crippen LogP contribution in [0.15, 0.2) is 12.5 Å². The van der Waals surface area contributed by atoms with Gasteiger partial charge in [0.1, 0.15) is 30.0 Å². The van der Waals surface area contributed by atoms with Crippen LogP contribution in [0, 0.1) is 5.82 Å². The minimum atomic E-state index is -1.73. The van der Waals surface area contributed by atoms with Crippen LogP contribution in [-0.2, 0) is 4.74 Å². The number of fused-ring (bicyclic) bond motifs is 1. The topological polar surface area (TPSA) is 127 Å². The summed E-state index contributed by atoms with van der Waals surface area (Å²) in [5.74, 6) is -0.697. The Balaban J connectivity index is 2.15. The van der Waals surface area contributed by atoms with Crippen molar-refractivity contribution in [2.75, 3.05) is 12.3 Å². The van der Waals surface area contributed by atoms with E-state index in [-0.39, 0.29) is 16.9 Å². The van der Waals surface area contributed by atoms with Crippen molar-refractivity contribution in [1.29, 1.82) is 0 Å². The minimum absolute atomic E-state index is 0.0128. The lowest BCUT2D eigenvalue weighted by Gasteiger charge is -2.27. The van der Waals surface area contributed by atoms with Gasteiger partial charge in [-0.1, -0.05) is 0 Å². The summed E-state index contributed by atoms with van der Waals surface area (Å²) in [4.78, 5) is 7.66. The zero-order valence-electron chi connectivity index (χ0n) is 11.1. The summed E-state index contributed by atoms with van der Waals surface area (Å²) in [6, 6.07) is 0. The second kappa shape index (κ2) is 4.60. The molecule has 1 aliphatic rings. The number of hydrogen-bond acceptors (Lipinski definition) is 7. The molecule has 0 aromatic carbocycles. The lowest BCUT2D eigenvalue weighted by molar-refractivity contribution is -0.0949. The second-order valence-electron chi connectivity index (χ2n) is 5.22. The van der Waals surface area contributed by atoms with Gasteiger partial charge in [0.2, 0.25) is 0 Å². The summed E-state index contributed by atoms with van der Waals surface area (Å²) in [7, 11) is 0. The van der Waals surface area contributed by atoms with E-state index in [9.17, 15) is 19.7 Å². The molecule has 1 fully saturated rings. The van der Waals surface area contributed by atoms with Crippen molar-refractivity contribution < 1.29 is 24.4 Å². The third-order valence-corrected chi connectivity index (χ3v) is 3.78. The molecule has 4 atom stereocenters. The van der Waals surface area contributed by atoms with E-state index in [1.165, 1.54) is 11.5 Å². The van der Waals surface area contributed by atoms with E-state index >= 15 is 0 Å². The van der Waals surface area contributed by atoms with Gasteiger partial charge >= 0.3 is 0 Å². The normalized spacial score (nSPS) is 32.9. The summed E-state index contributed by atoms with van der Waals surface area (Å²) < 4.78 is 20.7. The molecule has 0 radical (unpaired) electrons.